The number of hydrogen-bond acceptors (Lipinski definition) is 8. The highest BCUT2D eigenvalue weighted by Crippen LogP contribution is 2.40. The third-order valence-electron chi connectivity index (χ3n) is 7.43. The second-order valence-electron chi connectivity index (χ2n) is 9.57. The van der Waals surface area contributed by atoms with Crippen molar-refractivity contribution in [3.8, 4) is 0 Å². The van der Waals surface area contributed by atoms with Crippen LogP contribution < -0.4 is 16.0 Å². The summed E-state index contributed by atoms with van der Waals surface area (Å²) in [6.07, 6.45) is 8.40. The van der Waals surface area contributed by atoms with Crippen molar-refractivity contribution in [2.24, 2.45) is 0 Å². The minimum absolute atomic E-state index is 0.0518. The Bertz CT molecular complexity index is 1200. The van der Waals surface area contributed by atoms with Crippen LogP contribution in [0.3, 0.4) is 0 Å². The van der Waals surface area contributed by atoms with Gasteiger partial charge in [-0.3, -0.25) is 9.69 Å². The Morgan fingerprint density at radius 1 is 1.09 bits per heavy atom. The van der Waals surface area contributed by atoms with Crippen LogP contribution >= 0.6 is 0 Å². The quantitative estimate of drug-likeness (QED) is 0.464. The number of amides is 1. The van der Waals surface area contributed by atoms with Crippen molar-refractivity contribution in [2.75, 3.05) is 38.0 Å². The topological polar surface area (TPSA) is 120 Å². The Hall–Kier alpha value is -3.08. The molecule has 1 aliphatic carbocycles. The molecule has 6 rings (SSSR count). The Kier molecular flexibility index (Phi) is 5.43. The van der Waals surface area contributed by atoms with Gasteiger partial charge in [0.05, 0.1) is 5.54 Å². The number of fused-ring (bicyclic) bond motifs is 4. The van der Waals surface area contributed by atoms with Gasteiger partial charge < -0.3 is 25.6 Å². The summed E-state index contributed by atoms with van der Waals surface area (Å²) in [5.74, 6) is 0.989. The fraction of sp³-hybridized carbons (Fsp3) is 0.500. The summed E-state index contributed by atoms with van der Waals surface area (Å²) in [6, 6.07) is 5.60. The first-order valence-corrected chi connectivity index (χ1v) is 12.2. The lowest BCUT2D eigenvalue weighted by Gasteiger charge is -2.42. The number of rotatable bonds is 4. The molecule has 2 fully saturated rings. The van der Waals surface area contributed by atoms with E-state index in [1.165, 1.54) is 6.42 Å². The highest BCUT2D eigenvalue weighted by molar-refractivity contribution is 5.99. The fourth-order valence-electron chi connectivity index (χ4n) is 5.61. The number of aliphatic hydroxyl groups excluding tert-OH is 1. The molecule has 1 saturated heterocycles. The van der Waals surface area contributed by atoms with Gasteiger partial charge in [0.2, 0.25) is 5.95 Å². The van der Waals surface area contributed by atoms with Crippen LogP contribution in [-0.4, -0.2) is 68.2 Å². The molecule has 0 radical (unpaired) electrons. The molecule has 2 aliphatic heterocycles. The lowest BCUT2D eigenvalue weighted by Crippen LogP contribution is -2.52. The van der Waals surface area contributed by atoms with E-state index in [0.29, 0.717) is 24.0 Å². The molecule has 1 unspecified atom stereocenters. The molecule has 0 aromatic carbocycles. The van der Waals surface area contributed by atoms with E-state index in [1.54, 1.807) is 12.4 Å². The van der Waals surface area contributed by atoms with Crippen LogP contribution in [0.4, 0.5) is 11.8 Å². The smallest absolute Gasteiger partial charge is 0.268 e. The summed E-state index contributed by atoms with van der Waals surface area (Å²) >= 11 is 0. The number of piperazine rings is 1. The molecule has 4 N–H and O–H groups in total. The molecule has 1 atom stereocenters. The van der Waals surface area contributed by atoms with Crippen LogP contribution in [0.5, 0.6) is 0 Å². The summed E-state index contributed by atoms with van der Waals surface area (Å²) in [5.41, 5.74) is 2.10. The zero-order chi connectivity index (χ0) is 23.1. The number of anilines is 2. The largest absolute Gasteiger partial charge is 0.374 e. The summed E-state index contributed by atoms with van der Waals surface area (Å²) in [6.45, 7) is 3.99. The predicted molar refractivity (Wildman–Crippen MR) is 128 cm³/mol. The molecule has 34 heavy (non-hydrogen) atoms. The Balaban J connectivity index is 1.27. The first-order valence-electron chi connectivity index (χ1n) is 12.2. The number of nitrogens with zero attached hydrogens (tertiary/aromatic N) is 5. The van der Waals surface area contributed by atoms with E-state index in [0.717, 1.165) is 68.5 Å². The lowest BCUT2D eigenvalue weighted by atomic mass is 9.80. The normalized spacial score (nSPS) is 21.3. The van der Waals surface area contributed by atoms with Crippen molar-refractivity contribution < 1.29 is 9.90 Å². The van der Waals surface area contributed by atoms with Gasteiger partial charge in [0.25, 0.3) is 5.91 Å². The zero-order valence-electron chi connectivity index (χ0n) is 19.1. The minimum atomic E-state index is -0.665. The van der Waals surface area contributed by atoms with Crippen molar-refractivity contribution in [2.45, 2.75) is 43.9 Å². The van der Waals surface area contributed by atoms with Gasteiger partial charge in [-0.15, -0.1) is 0 Å². The summed E-state index contributed by atoms with van der Waals surface area (Å²) < 4.78 is 2.16. The van der Waals surface area contributed by atoms with Gasteiger partial charge in [-0.2, -0.15) is 4.98 Å². The second kappa shape index (κ2) is 8.61. The molecule has 5 heterocycles. The molecule has 3 aromatic heterocycles. The molecule has 10 nitrogen and oxygen atoms in total. The molecule has 3 aliphatic rings. The van der Waals surface area contributed by atoms with E-state index in [2.05, 4.69) is 30.5 Å². The first-order chi connectivity index (χ1) is 16.6. The van der Waals surface area contributed by atoms with Crippen LogP contribution in [0.1, 0.15) is 54.4 Å². The molecular weight excluding hydrogens is 432 g/mol. The van der Waals surface area contributed by atoms with Crippen LogP contribution in [0, 0.1) is 0 Å². The molecule has 10 heteroatoms. The van der Waals surface area contributed by atoms with Gasteiger partial charge >= 0.3 is 0 Å². The maximum absolute atomic E-state index is 12.6. The predicted octanol–water partition coefficient (Wildman–Crippen LogP) is 1.87. The maximum Gasteiger partial charge on any atom is 0.268 e. The lowest BCUT2D eigenvalue weighted by molar-refractivity contribution is -0.00566. The van der Waals surface area contributed by atoms with E-state index >= 15 is 0 Å². The number of pyridine rings is 1. The number of aliphatic hydroxyl groups is 1. The number of carbonyl (C=O) groups excluding carboxylic acids is 1. The molecule has 178 valence electrons. The SMILES string of the molecule is O=C1NCC2(CCCCC2)n2c1cc1cnc(Nc3ccc(C(O)N4CCNCC4)cn3)nc12. The van der Waals surface area contributed by atoms with E-state index in [-0.39, 0.29) is 11.4 Å². The van der Waals surface area contributed by atoms with Gasteiger partial charge in [0.15, 0.2) is 0 Å². The van der Waals surface area contributed by atoms with Crippen molar-refractivity contribution >= 4 is 28.7 Å². The third kappa shape index (κ3) is 3.71. The second-order valence-corrected chi connectivity index (χ2v) is 9.57. The zero-order valence-corrected chi connectivity index (χ0v) is 19.1. The van der Waals surface area contributed by atoms with Crippen molar-refractivity contribution in [1.29, 1.82) is 0 Å². The Morgan fingerprint density at radius 3 is 2.68 bits per heavy atom. The first kappa shape index (κ1) is 21.5. The average Bonchev–Trinajstić information content (AvgIpc) is 3.28. The van der Waals surface area contributed by atoms with Crippen molar-refractivity contribution in [1.82, 2.24) is 35.1 Å². The Labute approximate surface area is 197 Å². The van der Waals surface area contributed by atoms with Gasteiger partial charge in [-0.05, 0) is 31.0 Å². The summed E-state index contributed by atoms with van der Waals surface area (Å²) in [5, 5.41) is 21.1. The van der Waals surface area contributed by atoms with Gasteiger partial charge in [0, 0.05) is 56.1 Å². The number of aromatic nitrogens is 4. The molecule has 3 aromatic rings. The minimum Gasteiger partial charge on any atom is -0.374 e. The monoisotopic (exact) mass is 462 g/mol. The van der Waals surface area contributed by atoms with Crippen molar-refractivity contribution in [3.63, 3.8) is 0 Å². The molecule has 1 spiro atoms. The molecule has 0 bridgehead atoms. The van der Waals surface area contributed by atoms with Crippen molar-refractivity contribution in [3.05, 3.63) is 41.9 Å². The van der Waals surface area contributed by atoms with Gasteiger partial charge in [-0.25, -0.2) is 9.97 Å². The molecule has 1 saturated carbocycles. The summed E-state index contributed by atoms with van der Waals surface area (Å²) in [7, 11) is 0. The average molecular weight is 463 g/mol. The number of hydrogen-bond donors (Lipinski definition) is 4. The maximum atomic E-state index is 12.6. The van der Waals surface area contributed by atoms with Crippen LogP contribution in [0.25, 0.3) is 11.0 Å². The number of nitrogens with one attached hydrogen (secondary N) is 3. The number of carbonyl (C=O) groups is 1. The Morgan fingerprint density at radius 2 is 1.91 bits per heavy atom. The summed E-state index contributed by atoms with van der Waals surface area (Å²) in [4.78, 5) is 28.4. The van der Waals surface area contributed by atoms with Crippen LogP contribution in [-0.2, 0) is 5.54 Å². The van der Waals surface area contributed by atoms with E-state index < -0.39 is 6.23 Å². The van der Waals surface area contributed by atoms with E-state index in [4.69, 9.17) is 4.98 Å². The molecular formula is C24H30N8O2. The van der Waals surface area contributed by atoms with E-state index in [9.17, 15) is 9.90 Å². The highest BCUT2D eigenvalue weighted by atomic mass is 16.3. The highest BCUT2D eigenvalue weighted by Gasteiger charge is 2.41. The van der Waals surface area contributed by atoms with E-state index in [1.807, 2.05) is 23.1 Å². The fourth-order valence-corrected chi connectivity index (χ4v) is 5.61. The van der Waals surface area contributed by atoms with Crippen LogP contribution in [0.15, 0.2) is 30.6 Å². The standard InChI is InChI=1S/C24H30N8O2/c33-21-18-12-17-14-27-23(30-20(17)32(18)24(15-28-21)6-2-1-3-7-24)29-19-5-4-16(13-26-19)22(34)31-10-8-25-9-11-31/h4-5,12-14,22,25,34H,1-3,6-11,15H2,(H,28,33)(H,26,27,29,30). The van der Waals surface area contributed by atoms with Crippen LogP contribution in [0.2, 0.25) is 0 Å². The third-order valence-corrected chi connectivity index (χ3v) is 7.43. The van der Waals surface area contributed by atoms with Gasteiger partial charge in [0.1, 0.15) is 23.4 Å². The molecule has 1 amide bonds. The van der Waals surface area contributed by atoms with Gasteiger partial charge in [-0.1, -0.05) is 19.3 Å².